The molecule has 3 aromatic rings. The molecule has 0 bridgehead atoms. The predicted octanol–water partition coefficient (Wildman–Crippen LogP) is 3.38. The highest BCUT2D eigenvalue weighted by molar-refractivity contribution is 5.81. The Morgan fingerprint density at radius 2 is 2.05 bits per heavy atom. The zero-order valence-corrected chi connectivity index (χ0v) is 10.8. The van der Waals surface area contributed by atoms with Crippen molar-refractivity contribution in [2.24, 2.45) is 5.73 Å². The summed E-state index contributed by atoms with van der Waals surface area (Å²) in [5.41, 5.74) is 9.58. The summed E-state index contributed by atoms with van der Waals surface area (Å²) in [7, 11) is 0. The van der Waals surface area contributed by atoms with Crippen LogP contribution in [0.5, 0.6) is 0 Å². The maximum absolute atomic E-state index is 6.28. The van der Waals surface area contributed by atoms with Crippen LogP contribution < -0.4 is 5.73 Å². The van der Waals surface area contributed by atoms with E-state index in [1.54, 1.807) is 6.26 Å². The van der Waals surface area contributed by atoms with Gasteiger partial charge in [-0.15, -0.1) is 0 Å². The van der Waals surface area contributed by atoms with E-state index in [0.717, 1.165) is 23.3 Å². The SMILES string of the molecule is Cc1occc1C(N)Cc1ccnc2ccccc12. The number of hydrogen-bond donors (Lipinski definition) is 1. The third-order valence-electron chi connectivity index (χ3n) is 3.48. The molecule has 0 saturated carbocycles. The maximum Gasteiger partial charge on any atom is 0.105 e. The summed E-state index contributed by atoms with van der Waals surface area (Å²) in [4.78, 5) is 4.37. The third-order valence-corrected chi connectivity index (χ3v) is 3.48. The lowest BCUT2D eigenvalue weighted by Crippen LogP contribution is -2.13. The molecule has 0 spiro atoms. The zero-order chi connectivity index (χ0) is 13.2. The fourth-order valence-electron chi connectivity index (χ4n) is 2.46. The minimum Gasteiger partial charge on any atom is -0.469 e. The Morgan fingerprint density at radius 1 is 1.21 bits per heavy atom. The zero-order valence-electron chi connectivity index (χ0n) is 10.8. The van der Waals surface area contributed by atoms with Crippen molar-refractivity contribution in [2.75, 3.05) is 0 Å². The first-order chi connectivity index (χ1) is 9.25. The molecule has 19 heavy (non-hydrogen) atoms. The molecule has 0 aliphatic carbocycles. The van der Waals surface area contributed by atoms with Gasteiger partial charge in [-0.25, -0.2) is 0 Å². The van der Waals surface area contributed by atoms with Gasteiger partial charge in [-0.05, 0) is 37.1 Å². The number of aryl methyl sites for hydroxylation is 1. The average Bonchev–Trinajstić information content (AvgIpc) is 2.85. The summed E-state index contributed by atoms with van der Waals surface area (Å²) in [5.74, 6) is 0.894. The normalized spacial score (nSPS) is 12.7. The molecule has 0 fully saturated rings. The van der Waals surface area contributed by atoms with E-state index in [0.29, 0.717) is 0 Å². The van der Waals surface area contributed by atoms with Crippen LogP contribution in [0.1, 0.15) is 22.9 Å². The van der Waals surface area contributed by atoms with E-state index in [1.165, 1.54) is 10.9 Å². The van der Waals surface area contributed by atoms with E-state index in [-0.39, 0.29) is 6.04 Å². The fourth-order valence-corrected chi connectivity index (χ4v) is 2.46. The van der Waals surface area contributed by atoms with Gasteiger partial charge < -0.3 is 10.2 Å². The van der Waals surface area contributed by atoms with Gasteiger partial charge in [-0.1, -0.05) is 18.2 Å². The molecule has 1 unspecified atom stereocenters. The molecule has 1 atom stereocenters. The molecule has 2 aromatic heterocycles. The van der Waals surface area contributed by atoms with Gasteiger partial charge in [-0.3, -0.25) is 4.98 Å². The minimum atomic E-state index is -0.0513. The second-order valence-corrected chi connectivity index (χ2v) is 4.73. The average molecular weight is 252 g/mol. The van der Waals surface area contributed by atoms with Crippen LogP contribution >= 0.6 is 0 Å². The summed E-state index contributed by atoms with van der Waals surface area (Å²) in [6, 6.07) is 12.1. The maximum atomic E-state index is 6.28. The van der Waals surface area contributed by atoms with Crippen LogP contribution in [0.4, 0.5) is 0 Å². The summed E-state index contributed by atoms with van der Waals surface area (Å²) in [6.45, 7) is 1.94. The number of hydrogen-bond acceptors (Lipinski definition) is 3. The van der Waals surface area contributed by atoms with E-state index in [9.17, 15) is 0 Å². The first kappa shape index (κ1) is 11.9. The fraction of sp³-hybridized carbons (Fsp3) is 0.188. The number of nitrogens with two attached hydrogens (primary N) is 1. The summed E-state index contributed by atoms with van der Waals surface area (Å²) in [6.07, 6.45) is 4.31. The number of aromatic nitrogens is 1. The molecule has 3 rings (SSSR count). The van der Waals surface area contributed by atoms with Crippen LogP contribution in [0.3, 0.4) is 0 Å². The van der Waals surface area contributed by atoms with Gasteiger partial charge >= 0.3 is 0 Å². The molecular formula is C16H16N2O. The lowest BCUT2D eigenvalue weighted by Gasteiger charge is -2.12. The van der Waals surface area contributed by atoms with E-state index in [4.69, 9.17) is 10.2 Å². The largest absolute Gasteiger partial charge is 0.469 e. The number of rotatable bonds is 3. The van der Waals surface area contributed by atoms with E-state index < -0.39 is 0 Å². The van der Waals surface area contributed by atoms with Crippen LogP contribution in [0.2, 0.25) is 0 Å². The van der Waals surface area contributed by atoms with Crippen molar-refractivity contribution in [3.05, 3.63) is 65.7 Å². The van der Waals surface area contributed by atoms with Gasteiger partial charge in [0.15, 0.2) is 0 Å². The van der Waals surface area contributed by atoms with Crippen LogP contribution in [-0.4, -0.2) is 4.98 Å². The lowest BCUT2D eigenvalue weighted by atomic mass is 9.98. The predicted molar refractivity (Wildman–Crippen MR) is 75.8 cm³/mol. The molecule has 0 aliphatic rings. The number of pyridine rings is 1. The van der Waals surface area contributed by atoms with Crippen LogP contribution in [0.15, 0.2) is 53.3 Å². The highest BCUT2D eigenvalue weighted by atomic mass is 16.3. The monoisotopic (exact) mass is 252 g/mol. The molecular weight excluding hydrogens is 236 g/mol. The molecule has 0 saturated heterocycles. The molecule has 0 amide bonds. The second-order valence-electron chi connectivity index (χ2n) is 4.73. The first-order valence-corrected chi connectivity index (χ1v) is 6.38. The number of para-hydroxylation sites is 1. The van der Waals surface area contributed by atoms with Crippen molar-refractivity contribution < 1.29 is 4.42 Å². The van der Waals surface area contributed by atoms with Crippen LogP contribution in [0, 0.1) is 6.92 Å². The van der Waals surface area contributed by atoms with Crippen LogP contribution in [0.25, 0.3) is 10.9 Å². The first-order valence-electron chi connectivity index (χ1n) is 6.38. The Labute approximate surface area is 112 Å². The van der Waals surface area contributed by atoms with Crippen molar-refractivity contribution in [3.8, 4) is 0 Å². The number of furan rings is 1. The Balaban J connectivity index is 1.96. The van der Waals surface area contributed by atoms with E-state index in [2.05, 4.69) is 11.1 Å². The molecule has 0 aliphatic heterocycles. The van der Waals surface area contributed by atoms with Gasteiger partial charge in [0.05, 0.1) is 11.8 Å². The van der Waals surface area contributed by atoms with Crippen molar-refractivity contribution in [3.63, 3.8) is 0 Å². The molecule has 2 heterocycles. The number of nitrogens with zero attached hydrogens (tertiary/aromatic N) is 1. The lowest BCUT2D eigenvalue weighted by molar-refractivity contribution is 0.524. The topological polar surface area (TPSA) is 52.0 Å². The molecule has 2 N–H and O–H groups in total. The molecule has 3 nitrogen and oxygen atoms in total. The molecule has 96 valence electrons. The van der Waals surface area contributed by atoms with E-state index >= 15 is 0 Å². The Hall–Kier alpha value is -2.13. The third kappa shape index (κ3) is 2.25. The van der Waals surface area contributed by atoms with Gasteiger partial charge in [0, 0.05) is 23.2 Å². The molecule has 1 aromatic carbocycles. The Morgan fingerprint density at radius 3 is 2.84 bits per heavy atom. The number of benzene rings is 1. The Bertz CT molecular complexity index is 697. The quantitative estimate of drug-likeness (QED) is 0.777. The van der Waals surface area contributed by atoms with Crippen LogP contribution in [-0.2, 0) is 6.42 Å². The molecule has 0 radical (unpaired) electrons. The van der Waals surface area contributed by atoms with Crippen molar-refractivity contribution in [2.45, 2.75) is 19.4 Å². The summed E-state index contributed by atoms with van der Waals surface area (Å²) < 4.78 is 5.32. The highest BCUT2D eigenvalue weighted by Crippen LogP contribution is 2.24. The Kier molecular flexibility index (Phi) is 3.05. The van der Waals surface area contributed by atoms with Gasteiger partial charge in [0.2, 0.25) is 0 Å². The van der Waals surface area contributed by atoms with E-state index in [1.807, 2.05) is 43.5 Å². The van der Waals surface area contributed by atoms with Crippen molar-refractivity contribution in [1.29, 1.82) is 0 Å². The van der Waals surface area contributed by atoms with Crippen molar-refractivity contribution in [1.82, 2.24) is 4.98 Å². The number of fused-ring (bicyclic) bond motifs is 1. The van der Waals surface area contributed by atoms with Gasteiger partial charge in [-0.2, -0.15) is 0 Å². The van der Waals surface area contributed by atoms with Gasteiger partial charge in [0.1, 0.15) is 5.76 Å². The van der Waals surface area contributed by atoms with Gasteiger partial charge in [0.25, 0.3) is 0 Å². The minimum absolute atomic E-state index is 0.0513. The second kappa shape index (κ2) is 4.86. The van der Waals surface area contributed by atoms with Crippen molar-refractivity contribution >= 4 is 10.9 Å². The summed E-state index contributed by atoms with van der Waals surface area (Å²) in [5, 5.41) is 1.17. The smallest absolute Gasteiger partial charge is 0.105 e. The molecule has 3 heteroatoms. The summed E-state index contributed by atoms with van der Waals surface area (Å²) >= 11 is 0. The highest BCUT2D eigenvalue weighted by Gasteiger charge is 2.13. The standard InChI is InChI=1S/C16H16N2O/c1-11-13(7-9-19-11)15(17)10-12-6-8-18-16-5-3-2-4-14(12)16/h2-9,15H,10,17H2,1H3.